The zero-order valence-electron chi connectivity index (χ0n) is 18.6. The Labute approximate surface area is 184 Å². The van der Waals surface area contributed by atoms with Gasteiger partial charge in [0.25, 0.3) is 0 Å². The quantitative estimate of drug-likeness (QED) is 0.426. The lowest BCUT2D eigenvalue weighted by Gasteiger charge is -2.24. The lowest BCUT2D eigenvalue weighted by atomic mass is 10.00. The van der Waals surface area contributed by atoms with Gasteiger partial charge in [0.2, 0.25) is 0 Å². The lowest BCUT2D eigenvalue weighted by molar-refractivity contribution is -0.146. The lowest BCUT2D eigenvalue weighted by Crippen LogP contribution is -2.49. The van der Waals surface area contributed by atoms with Crippen molar-refractivity contribution in [3.63, 3.8) is 0 Å². The predicted octanol–water partition coefficient (Wildman–Crippen LogP) is 3.87. The highest BCUT2D eigenvalue weighted by atomic mass is 28.3. The first-order valence-corrected chi connectivity index (χ1v) is 13.9. The largest absolute Gasteiger partial charge is 0.497 e. The smallest absolute Gasteiger partial charge is 0.408 e. The van der Waals surface area contributed by atoms with Gasteiger partial charge in [-0.1, -0.05) is 62.1 Å². The average molecular weight is 445 g/mol. The van der Waals surface area contributed by atoms with E-state index < -0.39 is 32.2 Å². The Balaban J connectivity index is 2.07. The minimum Gasteiger partial charge on any atom is -0.497 e. The fourth-order valence-corrected chi connectivity index (χ4v) is 3.47. The number of hydrogen-bond acceptors (Lipinski definition) is 6. The fraction of sp³-hybridized carbons (Fsp3) is 0.391. The number of methoxy groups -OCH3 is 1. The number of nitrogens with two attached hydrogens (primary N) is 1. The second-order valence-corrected chi connectivity index (χ2v) is 14.1. The van der Waals surface area contributed by atoms with Gasteiger partial charge in [0, 0.05) is 8.07 Å². The van der Waals surface area contributed by atoms with Crippen LogP contribution in [0.4, 0.5) is 4.79 Å². The van der Waals surface area contributed by atoms with Gasteiger partial charge in [0.1, 0.15) is 18.4 Å². The summed E-state index contributed by atoms with van der Waals surface area (Å²) >= 11 is 0. The van der Waals surface area contributed by atoms with E-state index in [4.69, 9.17) is 19.9 Å². The van der Waals surface area contributed by atoms with Gasteiger partial charge in [-0.25, -0.2) is 9.59 Å². The summed E-state index contributed by atoms with van der Waals surface area (Å²) in [5, 5.41) is 2.58. The van der Waals surface area contributed by atoms with Gasteiger partial charge in [-0.3, -0.25) is 0 Å². The molecule has 0 radical (unpaired) electrons. The van der Waals surface area contributed by atoms with Crippen molar-refractivity contribution in [3.8, 4) is 5.75 Å². The topological polar surface area (TPSA) is 99.9 Å². The van der Waals surface area contributed by atoms with Crippen molar-refractivity contribution in [2.45, 2.75) is 44.4 Å². The number of ether oxygens (including phenoxy) is 3. The molecular formula is C23H32N2O5Si. The van der Waals surface area contributed by atoms with Crippen molar-refractivity contribution in [2.75, 3.05) is 13.7 Å². The Morgan fingerprint density at radius 2 is 1.65 bits per heavy atom. The van der Waals surface area contributed by atoms with Crippen LogP contribution in [0.25, 0.3) is 0 Å². The van der Waals surface area contributed by atoms with E-state index in [1.54, 1.807) is 31.4 Å². The predicted molar refractivity (Wildman–Crippen MR) is 123 cm³/mol. The molecule has 0 fully saturated rings. The standard InChI is InChI=1S/C23H32N2O5Si/c1-28-19-12-10-18(11-13-19)20(24)21(22(26)29-14-15-31(2,3)4)25-23(27)30-16-17-8-6-5-7-9-17/h5-13,20-21H,14-16,24H2,1-4H3,(H,25,27)/t20-,21+/m1/s1. The molecule has 7 nitrogen and oxygen atoms in total. The highest BCUT2D eigenvalue weighted by Crippen LogP contribution is 2.20. The number of hydrogen-bond donors (Lipinski definition) is 2. The first kappa shape index (κ1) is 24.4. The minimum atomic E-state index is -1.38. The van der Waals surface area contributed by atoms with Gasteiger partial charge < -0.3 is 25.3 Å². The van der Waals surface area contributed by atoms with E-state index in [2.05, 4.69) is 25.0 Å². The van der Waals surface area contributed by atoms with Crippen LogP contribution in [-0.4, -0.2) is 39.9 Å². The van der Waals surface area contributed by atoms with Crippen LogP contribution in [0.15, 0.2) is 54.6 Å². The fourth-order valence-electron chi connectivity index (χ4n) is 2.75. The maximum Gasteiger partial charge on any atom is 0.408 e. The summed E-state index contributed by atoms with van der Waals surface area (Å²) in [5.74, 6) is 0.0821. The third-order valence-corrected chi connectivity index (χ3v) is 6.40. The molecule has 0 unspecified atom stereocenters. The van der Waals surface area contributed by atoms with E-state index in [1.807, 2.05) is 30.3 Å². The molecular weight excluding hydrogens is 412 g/mol. The molecule has 0 aromatic heterocycles. The third-order valence-electron chi connectivity index (χ3n) is 4.70. The van der Waals surface area contributed by atoms with Crippen molar-refractivity contribution >= 4 is 20.1 Å². The molecule has 1 amide bonds. The highest BCUT2D eigenvalue weighted by molar-refractivity contribution is 6.76. The number of carbonyl (C=O) groups excluding carboxylic acids is 2. The van der Waals surface area contributed by atoms with Crippen LogP contribution in [0.2, 0.25) is 25.7 Å². The SMILES string of the molecule is COc1ccc([C@@H](N)[C@H](NC(=O)OCc2ccccc2)C(=O)OCC[Si](C)(C)C)cc1. The molecule has 2 aromatic carbocycles. The average Bonchev–Trinajstić information content (AvgIpc) is 2.75. The Morgan fingerprint density at radius 1 is 1.00 bits per heavy atom. The van der Waals surface area contributed by atoms with Gasteiger partial charge in [0.15, 0.2) is 0 Å². The van der Waals surface area contributed by atoms with Gasteiger partial charge in [0.05, 0.1) is 19.8 Å². The minimum absolute atomic E-state index is 0.0852. The van der Waals surface area contributed by atoms with Crippen molar-refractivity contribution in [2.24, 2.45) is 5.73 Å². The second-order valence-electron chi connectivity index (χ2n) is 8.46. The van der Waals surface area contributed by atoms with Crippen molar-refractivity contribution < 1.29 is 23.8 Å². The van der Waals surface area contributed by atoms with E-state index in [1.165, 1.54) is 0 Å². The Morgan fingerprint density at radius 3 is 2.23 bits per heavy atom. The summed E-state index contributed by atoms with van der Waals surface area (Å²) in [6, 6.07) is 15.2. The summed E-state index contributed by atoms with van der Waals surface area (Å²) in [6.45, 7) is 6.96. The first-order chi connectivity index (χ1) is 14.7. The molecule has 0 spiro atoms. The summed E-state index contributed by atoms with van der Waals surface area (Å²) < 4.78 is 15.9. The van der Waals surface area contributed by atoms with E-state index in [-0.39, 0.29) is 6.61 Å². The van der Waals surface area contributed by atoms with Gasteiger partial charge in [-0.2, -0.15) is 0 Å². The summed E-state index contributed by atoms with van der Waals surface area (Å²) in [7, 11) is 0.190. The number of alkyl carbamates (subject to hydrolysis) is 1. The van der Waals surface area contributed by atoms with Crippen molar-refractivity contribution in [1.29, 1.82) is 0 Å². The zero-order chi connectivity index (χ0) is 22.9. The Kier molecular flexibility index (Phi) is 9.08. The number of esters is 1. The maximum atomic E-state index is 12.8. The molecule has 2 rings (SSSR count). The molecule has 0 aliphatic carbocycles. The maximum absolute atomic E-state index is 12.8. The molecule has 2 atom stereocenters. The van der Waals surface area contributed by atoms with E-state index in [0.29, 0.717) is 17.9 Å². The van der Waals surface area contributed by atoms with Crippen molar-refractivity contribution in [3.05, 3.63) is 65.7 Å². The van der Waals surface area contributed by atoms with Crippen LogP contribution in [0, 0.1) is 0 Å². The van der Waals surface area contributed by atoms with E-state index >= 15 is 0 Å². The number of amides is 1. The van der Waals surface area contributed by atoms with E-state index in [0.717, 1.165) is 11.6 Å². The number of rotatable bonds is 10. The molecule has 0 heterocycles. The van der Waals surface area contributed by atoms with Crippen LogP contribution >= 0.6 is 0 Å². The third kappa shape index (κ3) is 8.43. The highest BCUT2D eigenvalue weighted by Gasteiger charge is 2.31. The molecule has 0 bridgehead atoms. The number of nitrogens with one attached hydrogen (secondary N) is 1. The van der Waals surface area contributed by atoms with Crippen molar-refractivity contribution in [1.82, 2.24) is 5.32 Å². The second kappa shape index (κ2) is 11.5. The molecule has 0 saturated heterocycles. The monoisotopic (exact) mass is 444 g/mol. The molecule has 31 heavy (non-hydrogen) atoms. The van der Waals surface area contributed by atoms with Gasteiger partial charge in [-0.05, 0) is 29.3 Å². The molecule has 2 aromatic rings. The van der Waals surface area contributed by atoms with Gasteiger partial charge in [-0.15, -0.1) is 0 Å². The molecule has 8 heteroatoms. The summed E-state index contributed by atoms with van der Waals surface area (Å²) in [5.41, 5.74) is 7.84. The van der Waals surface area contributed by atoms with Gasteiger partial charge >= 0.3 is 12.1 Å². The summed E-state index contributed by atoms with van der Waals surface area (Å²) in [4.78, 5) is 25.2. The van der Waals surface area contributed by atoms with Crippen LogP contribution in [0.5, 0.6) is 5.75 Å². The molecule has 0 aliphatic rings. The molecule has 0 saturated carbocycles. The first-order valence-electron chi connectivity index (χ1n) is 10.2. The molecule has 168 valence electrons. The normalized spacial score (nSPS) is 13.1. The Bertz CT molecular complexity index is 837. The van der Waals surface area contributed by atoms with Crippen LogP contribution < -0.4 is 15.8 Å². The molecule has 3 N–H and O–H groups in total. The van der Waals surface area contributed by atoms with Crippen LogP contribution in [0.3, 0.4) is 0 Å². The van der Waals surface area contributed by atoms with Crippen LogP contribution in [0.1, 0.15) is 17.2 Å². The molecule has 0 aliphatic heterocycles. The van der Waals surface area contributed by atoms with E-state index in [9.17, 15) is 9.59 Å². The number of benzene rings is 2. The van der Waals surface area contributed by atoms with Crippen LogP contribution in [-0.2, 0) is 20.9 Å². The number of carbonyl (C=O) groups is 2. The Hall–Kier alpha value is -2.84. The zero-order valence-corrected chi connectivity index (χ0v) is 19.6. The summed E-state index contributed by atoms with van der Waals surface area (Å²) in [6.07, 6.45) is -0.736.